The van der Waals surface area contributed by atoms with Gasteiger partial charge in [-0.15, -0.1) is 0 Å². The van der Waals surface area contributed by atoms with Gasteiger partial charge in [0, 0.05) is 35.6 Å². The smallest absolute Gasteiger partial charge is 0.226 e. The molecule has 0 saturated heterocycles. The maximum absolute atomic E-state index is 12.4. The molecule has 0 saturated carbocycles. The van der Waals surface area contributed by atoms with E-state index in [1.54, 1.807) is 6.92 Å². The summed E-state index contributed by atoms with van der Waals surface area (Å²) in [5.41, 5.74) is 5.64. The molecular weight excluding hydrogens is 348 g/mol. The molecular formula is C24H26N2O2. The fourth-order valence-electron chi connectivity index (χ4n) is 3.40. The van der Waals surface area contributed by atoms with Gasteiger partial charge in [-0.1, -0.05) is 49.4 Å². The maximum atomic E-state index is 12.4. The second kappa shape index (κ2) is 8.70. The van der Waals surface area contributed by atoms with E-state index >= 15 is 0 Å². The van der Waals surface area contributed by atoms with Crippen molar-refractivity contribution in [3.05, 3.63) is 77.5 Å². The lowest BCUT2D eigenvalue weighted by molar-refractivity contribution is -0.116. The van der Waals surface area contributed by atoms with Crippen molar-refractivity contribution < 1.29 is 9.59 Å². The normalized spacial score (nSPS) is 10.7. The minimum atomic E-state index is -0.0410. The fourth-order valence-corrected chi connectivity index (χ4v) is 3.40. The van der Waals surface area contributed by atoms with Gasteiger partial charge in [0.15, 0.2) is 5.78 Å². The van der Waals surface area contributed by atoms with Gasteiger partial charge in [0.1, 0.15) is 0 Å². The van der Waals surface area contributed by atoms with Gasteiger partial charge in [-0.25, -0.2) is 0 Å². The molecule has 1 amide bonds. The number of Topliss-reactive ketones (excluding diaryl/α,β-unsaturated/α-hetero) is 1. The number of aryl methyl sites for hydroxylation is 1. The first-order chi connectivity index (χ1) is 13.5. The van der Waals surface area contributed by atoms with Crippen LogP contribution in [0.2, 0.25) is 0 Å². The van der Waals surface area contributed by atoms with E-state index in [4.69, 9.17) is 0 Å². The van der Waals surface area contributed by atoms with Gasteiger partial charge in [0.2, 0.25) is 5.91 Å². The van der Waals surface area contributed by atoms with E-state index in [-0.39, 0.29) is 11.7 Å². The first kappa shape index (κ1) is 19.6. The molecule has 0 unspecified atom stereocenters. The Hall–Kier alpha value is -3.14. The van der Waals surface area contributed by atoms with Crippen molar-refractivity contribution in [3.63, 3.8) is 0 Å². The summed E-state index contributed by atoms with van der Waals surface area (Å²) in [6.45, 7) is 6.13. The molecule has 0 fully saturated rings. The minimum absolute atomic E-state index is 0.0360. The second-order valence-corrected chi connectivity index (χ2v) is 6.95. The highest BCUT2D eigenvalue weighted by molar-refractivity contribution is 5.97. The third-order valence-corrected chi connectivity index (χ3v) is 5.02. The van der Waals surface area contributed by atoms with Crippen molar-refractivity contribution in [3.8, 4) is 11.3 Å². The predicted molar refractivity (Wildman–Crippen MR) is 114 cm³/mol. The summed E-state index contributed by atoms with van der Waals surface area (Å²) in [5.74, 6) is -0.00497. The Labute approximate surface area is 166 Å². The van der Waals surface area contributed by atoms with Crippen molar-refractivity contribution in [1.82, 2.24) is 4.57 Å². The Bertz CT molecular complexity index is 970. The number of ketones is 1. The number of nitrogens with one attached hydrogen (secondary N) is 1. The van der Waals surface area contributed by atoms with Crippen LogP contribution in [0.25, 0.3) is 11.3 Å². The Kier molecular flexibility index (Phi) is 6.09. The number of aromatic nitrogens is 1. The Morgan fingerprint density at radius 3 is 2.29 bits per heavy atom. The number of hydrogen-bond donors (Lipinski definition) is 1. The second-order valence-electron chi connectivity index (χ2n) is 6.95. The van der Waals surface area contributed by atoms with E-state index in [0.717, 1.165) is 29.1 Å². The summed E-state index contributed by atoms with van der Waals surface area (Å²) in [5, 5.41) is 2.95. The number of carbonyl (C=O) groups excluding carboxylic acids is 2. The summed E-state index contributed by atoms with van der Waals surface area (Å²) >= 11 is 0. The number of anilines is 1. The van der Waals surface area contributed by atoms with E-state index in [0.29, 0.717) is 18.5 Å². The van der Waals surface area contributed by atoms with Crippen molar-refractivity contribution in [2.75, 3.05) is 5.32 Å². The lowest BCUT2D eigenvalue weighted by atomic mass is 10.1. The van der Waals surface area contributed by atoms with Crippen LogP contribution in [0.3, 0.4) is 0 Å². The molecule has 0 aliphatic carbocycles. The van der Waals surface area contributed by atoms with Gasteiger partial charge in [0.25, 0.3) is 0 Å². The van der Waals surface area contributed by atoms with E-state index in [1.807, 2.05) is 67.6 Å². The molecule has 4 nitrogen and oxygen atoms in total. The van der Waals surface area contributed by atoms with Crippen LogP contribution in [0, 0.1) is 6.92 Å². The monoisotopic (exact) mass is 374 g/mol. The fraction of sp³-hybridized carbons (Fsp3) is 0.250. The quantitative estimate of drug-likeness (QED) is 0.574. The van der Waals surface area contributed by atoms with E-state index in [2.05, 4.69) is 16.8 Å². The van der Waals surface area contributed by atoms with Crippen molar-refractivity contribution in [1.29, 1.82) is 0 Å². The molecule has 0 bridgehead atoms. The van der Waals surface area contributed by atoms with Crippen LogP contribution in [0.1, 0.15) is 41.9 Å². The van der Waals surface area contributed by atoms with Crippen molar-refractivity contribution >= 4 is 17.4 Å². The predicted octanol–water partition coefficient (Wildman–Crippen LogP) is 5.26. The van der Waals surface area contributed by atoms with Crippen LogP contribution < -0.4 is 5.32 Å². The van der Waals surface area contributed by atoms with Gasteiger partial charge < -0.3 is 9.88 Å². The average molecular weight is 374 g/mol. The molecule has 3 rings (SSSR count). The zero-order chi connectivity index (χ0) is 20.1. The molecule has 144 valence electrons. The number of hydrogen-bond acceptors (Lipinski definition) is 2. The standard InChI is InChI=1S/C24H26N2O2/c1-4-19-10-12-21(13-11-19)25-24(28)14-15-26-17(2)22(18(3)27)16-23(26)20-8-6-5-7-9-20/h5-13,16H,4,14-15H2,1-3H3,(H,25,28). The SMILES string of the molecule is CCc1ccc(NC(=O)CCn2c(-c3ccccc3)cc(C(C)=O)c2C)cc1. The van der Waals surface area contributed by atoms with E-state index in [9.17, 15) is 9.59 Å². The number of amides is 1. The minimum Gasteiger partial charge on any atom is -0.344 e. The molecule has 0 radical (unpaired) electrons. The van der Waals surface area contributed by atoms with Gasteiger partial charge in [-0.3, -0.25) is 9.59 Å². The van der Waals surface area contributed by atoms with Crippen molar-refractivity contribution in [2.24, 2.45) is 0 Å². The van der Waals surface area contributed by atoms with Gasteiger partial charge >= 0.3 is 0 Å². The number of carbonyl (C=O) groups is 2. The summed E-state index contributed by atoms with van der Waals surface area (Å²) in [6.07, 6.45) is 1.31. The van der Waals surface area contributed by atoms with Gasteiger partial charge in [-0.2, -0.15) is 0 Å². The van der Waals surface area contributed by atoms with Crippen LogP contribution in [-0.2, 0) is 17.8 Å². The van der Waals surface area contributed by atoms with Crippen LogP contribution >= 0.6 is 0 Å². The van der Waals surface area contributed by atoms with Gasteiger partial charge in [0.05, 0.1) is 0 Å². The molecule has 3 aromatic rings. The first-order valence-corrected chi connectivity index (χ1v) is 9.65. The number of nitrogens with zero attached hydrogens (tertiary/aromatic N) is 1. The molecule has 28 heavy (non-hydrogen) atoms. The highest BCUT2D eigenvalue weighted by Crippen LogP contribution is 2.26. The van der Waals surface area contributed by atoms with Crippen LogP contribution in [0.5, 0.6) is 0 Å². The zero-order valence-corrected chi connectivity index (χ0v) is 16.7. The summed E-state index contributed by atoms with van der Waals surface area (Å²) in [7, 11) is 0. The van der Waals surface area contributed by atoms with Crippen LogP contribution in [-0.4, -0.2) is 16.3 Å². The molecule has 0 aliphatic heterocycles. The van der Waals surface area contributed by atoms with Crippen LogP contribution in [0.15, 0.2) is 60.7 Å². The first-order valence-electron chi connectivity index (χ1n) is 9.65. The summed E-state index contributed by atoms with van der Waals surface area (Å²) in [6, 6.07) is 19.8. The molecule has 2 aromatic carbocycles. The van der Waals surface area contributed by atoms with Gasteiger partial charge in [-0.05, 0) is 49.6 Å². The van der Waals surface area contributed by atoms with E-state index < -0.39 is 0 Å². The molecule has 1 N–H and O–H groups in total. The highest BCUT2D eigenvalue weighted by Gasteiger charge is 2.16. The third kappa shape index (κ3) is 4.39. The topological polar surface area (TPSA) is 51.1 Å². The van der Waals surface area contributed by atoms with Crippen molar-refractivity contribution in [2.45, 2.75) is 40.2 Å². The Morgan fingerprint density at radius 2 is 1.68 bits per heavy atom. The Balaban J connectivity index is 1.77. The zero-order valence-electron chi connectivity index (χ0n) is 16.7. The maximum Gasteiger partial charge on any atom is 0.226 e. The Morgan fingerprint density at radius 1 is 1.00 bits per heavy atom. The summed E-state index contributed by atoms with van der Waals surface area (Å²) < 4.78 is 2.06. The lowest BCUT2D eigenvalue weighted by Gasteiger charge is -2.12. The molecule has 1 aromatic heterocycles. The molecule has 0 aliphatic rings. The number of rotatable bonds is 7. The molecule has 0 spiro atoms. The molecule has 4 heteroatoms. The molecule has 0 atom stereocenters. The third-order valence-electron chi connectivity index (χ3n) is 5.02. The van der Waals surface area contributed by atoms with E-state index in [1.165, 1.54) is 5.56 Å². The summed E-state index contributed by atoms with van der Waals surface area (Å²) in [4.78, 5) is 24.5. The van der Waals surface area contributed by atoms with Crippen LogP contribution in [0.4, 0.5) is 5.69 Å². The molecule has 1 heterocycles. The largest absolute Gasteiger partial charge is 0.344 e. The highest BCUT2D eigenvalue weighted by atomic mass is 16.1. The number of benzene rings is 2. The average Bonchev–Trinajstić information content (AvgIpc) is 3.04. The lowest BCUT2D eigenvalue weighted by Crippen LogP contribution is -2.15.